The average Bonchev–Trinajstić information content (AvgIpc) is 3.22. The van der Waals surface area contributed by atoms with Gasteiger partial charge in [-0.3, -0.25) is 4.68 Å². The Morgan fingerprint density at radius 2 is 2.39 bits per heavy atom. The number of rotatable bonds is 4. The van der Waals surface area contributed by atoms with Crippen LogP contribution in [0.4, 0.5) is 0 Å². The van der Waals surface area contributed by atoms with Crippen molar-refractivity contribution >= 4 is 11.6 Å². The van der Waals surface area contributed by atoms with Gasteiger partial charge in [-0.05, 0) is 0 Å². The summed E-state index contributed by atoms with van der Waals surface area (Å²) in [6, 6.07) is -0.724. The summed E-state index contributed by atoms with van der Waals surface area (Å²) in [6.07, 6.45) is 5.40. The van der Waals surface area contributed by atoms with E-state index in [9.17, 15) is 5.11 Å². The fourth-order valence-electron chi connectivity index (χ4n) is 3.19. The molecule has 0 radical (unpaired) electrons. The number of nitrogens with one attached hydrogen (secondary N) is 1. The van der Waals surface area contributed by atoms with Gasteiger partial charge in [-0.1, -0.05) is 11.6 Å². The fourth-order valence-corrected chi connectivity index (χ4v) is 3.33. The van der Waals surface area contributed by atoms with Crippen molar-refractivity contribution in [2.45, 2.75) is 37.1 Å². The van der Waals surface area contributed by atoms with Crippen molar-refractivity contribution in [3.8, 4) is 0 Å². The molecule has 2 aliphatic rings. The molecule has 4 heterocycles. The van der Waals surface area contributed by atoms with Crippen molar-refractivity contribution < 1.29 is 14.6 Å². The molecule has 2 bridgehead atoms. The van der Waals surface area contributed by atoms with Crippen LogP contribution < -0.4 is 5.32 Å². The lowest BCUT2D eigenvalue weighted by Gasteiger charge is -2.38. The zero-order valence-corrected chi connectivity index (χ0v) is 13.3. The van der Waals surface area contributed by atoms with Crippen LogP contribution in [0.25, 0.3) is 0 Å². The quantitative estimate of drug-likeness (QED) is 0.821. The predicted octanol–water partition coefficient (Wildman–Crippen LogP) is 0.0855. The Balaban J connectivity index is 1.53. The second kappa shape index (κ2) is 5.88. The van der Waals surface area contributed by atoms with E-state index in [0.29, 0.717) is 18.2 Å². The number of hydrogen-bond donors (Lipinski definition) is 2. The molecule has 2 aromatic heterocycles. The van der Waals surface area contributed by atoms with Crippen molar-refractivity contribution in [1.82, 2.24) is 24.6 Å². The molecular formula is C14H18ClN5O3. The standard InChI is InChI=1S/C14H18ClN5O3/c1-19-3-2-16-10(19)5-17-11-9-7-22-14(23-9)12(13(11)21)20-6-8(15)4-18-20/h2-4,6,9,11-14,17,21H,5,7H2,1H3/t9-,11-,12-,13+,14-/m1/s1. The Morgan fingerprint density at radius 1 is 1.52 bits per heavy atom. The van der Waals surface area contributed by atoms with Crippen LogP contribution in [0, 0.1) is 0 Å². The lowest BCUT2D eigenvalue weighted by Crippen LogP contribution is -2.57. The van der Waals surface area contributed by atoms with Gasteiger partial charge in [0.1, 0.15) is 18.0 Å². The van der Waals surface area contributed by atoms with Gasteiger partial charge in [-0.2, -0.15) is 5.10 Å². The van der Waals surface area contributed by atoms with E-state index in [1.54, 1.807) is 17.1 Å². The summed E-state index contributed by atoms with van der Waals surface area (Å²) in [5.41, 5.74) is 0. The monoisotopic (exact) mass is 339 g/mol. The summed E-state index contributed by atoms with van der Waals surface area (Å²) in [6.45, 7) is 0.966. The number of hydrogen-bond acceptors (Lipinski definition) is 6. The molecule has 0 unspecified atom stereocenters. The van der Waals surface area contributed by atoms with Crippen molar-refractivity contribution in [2.75, 3.05) is 6.61 Å². The largest absolute Gasteiger partial charge is 0.389 e. The van der Waals surface area contributed by atoms with Crippen molar-refractivity contribution in [3.63, 3.8) is 0 Å². The third-order valence-corrected chi connectivity index (χ3v) is 4.62. The Hall–Kier alpha value is -1.45. The SMILES string of the molecule is Cn1ccnc1CN[C@H]1[C@H](O)[C@@H](n2cc(Cl)cn2)[C@@H]2OC[C@H]1O2. The maximum Gasteiger partial charge on any atom is 0.183 e. The van der Waals surface area contributed by atoms with E-state index in [1.807, 2.05) is 17.8 Å². The van der Waals surface area contributed by atoms with Crippen LogP contribution in [0.15, 0.2) is 24.8 Å². The molecule has 2 fully saturated rings. The Bertz CT molecular complexity index is 690. The number of fused-ring (bicyclic) bond motifs is 2. The second-order valence-corrected chi connectivity index (χ2v) is 6.29. The molecule has 8 nitrogen and oxygen atoms in total. The highest BCUT2D eigenvalue weighted by atomic mass is 35.5. The van der Waals surface area contributed by atoms with E-state index in [4.69, 9.17) is 21.1 Å². The summed E-state index contributed by atoms with van der Waals surface area (Å²) in [4.78, 5) is 4.28. The van der Waals surface area contributed by atoms with Crippen LogP contribution in [0.3, 0.4) is 0 Å². The zero-order chi connectivity index (χ0) is 16.0. The molecule has 0 aromatic carbocycles. The number of ether oxygens (including phenoxy) is 2. The molecular weight excluding hydrogens is 322 g/mol. The number of aliphatic hydroxyl groups is 1. The van der Waals surface area contributed by atoms with Gasteiger partial charge in [0.2, 0.25) is 0 Å². The highest BCUT2D eigenvalue weighted by Crippen LogP contribution is 2.35. The second-order valence-electron chi connectivity index (χ2n) is 5.86. The average molecular weight is 340 g/mol. The van der Waals surface area contributed by atoms with E-state index < -0.39 is 18.4 Å². The first-order chi connectivity index (χ1) is 11.1. The van der Waals surface area contributed by atoms with Crippen LogP contribution in [0.2, 0.25) is 5.02 Å². The smallest absolute Gasteiger partial charge is 0.183 e. The molecule has 0 saturated carbocycles. The van der Waals surface area contributed by atoms with Gasteiger partial charge in [0.25, 0.3) is 0 Å². The minimum Gasteiger partial charge on any atom is -0.389 e. The molecule has 5 atom stereocenters. The van der Waals surface area contributed by atoms with Crippen LogP contribution >= 0.6 is 11.6 Å². The first kappa shape index (κ1) is 15.1. The maximum absolute atomic E-state index is 10.8. The van der Waals surface area contributed by atoms with Crippen LogP contribution in [-0.2, 0) is 23.1 Å². The lowest BCUT2D eigenvalue weighted by atomic mass is 9.96. The van der Waals surface area contributed by atoms with Gasteiger partial charge >= 0.3 is 0 Å². The molecule has 0 aliphatic carbocycles. The maximum atomic E-state index is 10.8. The first-order valence-corrected chi connectivity index (χ1v) is 7.85. The topological polar surface area (TPSA) is 86.4 Å². The predicted molar refractivity (Wildman–Crippen MR) is 80.7 cm³/mol. The molecule has 2 aliphatic heterocycles. The summed E-state index contributed by atoms with van der Waals surface area (Å²) < 4.78 is 15.1. The molecule has 0 amide bonds. The fraction of sp³-hybridized carbons (Fsp3) is 0.571. The van der Waals surface area contributed by atoms with Crippen molar-refractivity contribution in [3.05, 3.63) is 35.6 Å². The number of imidazole rings is 1. The summed E-state index contributed by atoms with van der Waals surface area (Å²) >= 11 is 5.94. The highest BCUT2D eigenvalue weighted by Gasteiger charge is 2.51. The van der Waals surface area contributed by atoms with Gasteiger partial charge in [-0.25, -0.2) is 4.98 Å². The van der Waals surface area contributed by atoms with Crippen molar-refractivity contribution in [1.29, 1.82) is 0 Å². The molecule has 23 heavy (non-hydrogen) atoms. The molecule has 2 N–H and O–H groups in total. The van der Waals surface area contributed by atoms with E-state index in [-0.39, 0.29) is 12.1 Å². The van der Waals surface area contributed by atoms with Crippen LogP contribution in [-0.4, -0.2) is 55.6 Å². The molecule has 2 aromatic rings. The Labute approximate surface area is 138 Å². The number of aromatic nitrogens is 4. The number of aryl methyl sites for hydroxylation is 1. The van der Waals surface area contributed by atoms with Gasteiger partial charge in [0, 0.05) is 25.6 Å². The number of aliphatic hydroxyl groups excluding tert-OH is 1. The summed E-state index contributed by atoms with van der Waals surface area (Å²) in [5.74, 6) is 0.886. The minimum absolute atomic E-state index is 0.197. The van der Waals surface area contributed by atoms with Gasteiger partial charge in [0.15, 0.2) is 6.29 Å². The van der Waals surface area contributed by atoms with Crippen molar-refractivity contribution in [2.24, 2.45) is 7.05 Å². The molecule has 124 valence electrons. The number of halogens is 1. The zero-order valence-electron chi connectivity index (χ0n) is 12.5. The van der Waals surface area contributed by atoms with Gasteiger partial charge in [0.05, 0.1) is 36.5 Å². The first-order valence-electron chi connectivity index (χ1n) is 7.48. The van der Waals surface area contributed by atoms with E-state index in [0.717, 1.165) is 5.82 Å². The molecule has 4 rings (SSSR count). The van der Waals surface area contributed by atoms with E-state index >= 15 is 0 Å². The van der Waals surface area contributed by atoms with E-state index in [1.165, 1.54) is 6.20 Å². The Morgan fingerprint density at radius 3 is 3.09 bits per heavy atom. The molecule has 0 spiro atoms. The lowest BCUT2D eigenvalue weighted by molar-refractivity contribution is -0.168. The van der Waals surface area contributed by atoms with Gasteiger partial charge < -0.3 is 24.5 Å². The molecule has 9 heteroatoms. The Kier molecular flexibility index (Phi) is 3.86. The van der Waals surface area contributed by atoms with Crippen LogP contribution in [0.5, 0.6) is 0 Å². The normalized spacial score (nSPS) is 33.3. The minimum atomic E-state index is -0.711. The molecule has 2 saturated heterocycles. The summed E-state index contributed by atoms with van der Waals surface area (Å²) in [5, 5.41) is 18.8. The van der Waals surface area contributed by atoms with Gasteiger partial charge in [-0.15, -0.1) is 0 Å². The highest BCUT2D eigenvalue weighted by molar-refractivity contribution is 6.30. The van der Waals surface area contributed by atoms with E-state index in [2.05, 4.69) is 15.4 Å². The number of nitrogens with zero attached hydrogens (tertiary/aromatic N) is 4. The summed E-state index contributed by atoms with van der Waals surface area (Å²) in [7, 11) is 1.93. The third kappa shape index (κ3) is 2.66. The third-order valence-electron chi connectivity index (χ3n) is 4.42. The van der Waals surface area contributed by atoms with Crippen LogP contribution in [0.1, 0.15) is 11.9 Å².